The van der Waals surface area contributed by atoms with E-state index in [1.807, 2.05) is 73.7 Å². The van der Waals surface area contributed by atoms with E-state index in [1.165, 1.54) is 7.11 Å². The molecule has 0 spiro atoms. The number of methoxy groups -OCH3 is 1. The van der Waals surface area contributed by atoms with Crippen LogP contribution in [-0.2, 0) is 0 Å². The Kier molecular flexibility index (Phi) is 8.39. The van der Waals surface area contributed by atoms with Crippen molar-refractivity contribution in [1.29, 1.82) is 0 Å². The fourth-order valence-electron chi connectivity index (χ4n) is 5.30. The number of hydrogen-bond acceptors (Lipinski definition) is 6. The molecule has 43 heavy (non-hydrogen) atoms. The van der Waals surface area contributed by atoms with Gasteiger partial charge in [-0.2, -0.15) is 0 Å². The van der Waals surface area contributed by atoms with E-state index >= 15 is 0 Å². The van der Waals surface area contributed by atoms with Crippen LogP contribution in [0.3, 0.4) is 0 Å². The van der Waals surface area contributed by atoms with E-state index < -0.39 is 5.91 Å². The van der Waals surface area contributed by atoms with Gasteiger partial charge in [0.25, 0.3) is 11.8 Å². The molecule has 8 nitrogen and oxygen atoms in total. The van der Waals surface area contributed by atoms with Gasteiger partial charge in [-0.15, -0.1) is 0 Å². The monoisotopic (exact) mass is 577 g/mol. The Hall–Kier alpha value is -5.24. The number of fused-ring (bicyclic) bond motifs is 1. The number of nitrogens with zero attached hydrogens (tertiary/aromatic N) is 1. The van der Waals surface area contributed by atoms with Crippen LogP contribution in [0.25, 0.3) is 33.4 Å². The molecule has 0 saturated heterocycles. The van der Waals surface area contributed by atoms with Crippen molar-refractivity contribution in [2.45, 2.75) is 20.8 Å². The first-order valence-corrected chi connectivity index (χ1v) is 14.2. The van der Waals surface area contributed by atoms with Crippen molar-refractivity contribution in [3.8, 4) is 39.7 Å². The maximum atomic E-state index is 13.3. The first kappa shape index (κ1) is 29.3. The van der Waals surface area contributed by atoms with Crippen LogP contribution in [0.2, 0.25) is 0 Å². The van der Waals surface area contributed by atoms with Crippen molar-refractivity contribution in [1.82, 2.24) is 5.32 Å². The van der Waals surface area contributed by atoms with Crippen molar-refractivity contribution in [2.75, 3.05) is 32.1 Å². The van der Waals surface area contributed by atoms with Crippen LogP contribution in [0.4, 0.5) is 5.69 Å². The van der Waals surface area contributed by atoms with E-state index in [0.29, 0.717) is 33.8 Å². The molecule has 1 heterocycles. The first-order valence-electron chi connectivity index (χ1n) is 14.2. The van der Waals surface area contributed by atoms with Gasteiger partial charge in [-0.25, -0.2) is 0 Å². The van der Waals surface area contributed by atoms with Crippen molar-refractivity contribution in [3.63, 3.8) is 0 Å². The lowest BCUT2D eigenvalue weighted by Gasteiger charge is -2.24. The van der Waals surface area contributed by atoms with Crippen LogP contribution in [0, 0.1) is 6.92 Å². The zero-order chi connectivity index (χ0) is 30.7. The lowest BCUT2D eigenvalue weighted by atomic mass is 9.96. The number of nitrogens with two attached hydrogens (primary N) is 1. The molecule has 3 N–H and O–H groups in total. The van der Waals surface area contributed by atoms with Crippen LogP contribution < -0.4 is 25.4 Å². The SMILES string of the molecule is CCN(CC)c1cc2oc(-c3ccc(Oc4cccc(C)c4)cc3)c(C(=O)NC)c2cc1-c1ccc(OC)c(C(N)=O)c1. The van der Waals surface area contributed by atoms with Gasteiger partial charge in [-0.05, 0) is 86.5 Å². The van der Waals surface area contributed by atoms with Gasteiger partial charge in [0.1, 0.15) is 28.6 Å². The Bertz CT molecular complexity index is 1800. The van der Waals surface area contributed by atoms with E-state index in [9.17, 15) is 9.59 Å². The molecule has 2 amide bonds. The molecule has 0 aliphatic heterocycles. The number of primary amides is 1. The minimum atomic E-state index is -0.587. The molecule has 5 rings (SSSR count). The molecule has 0 saturated carbocycles. The number of ether oxygens (including phenoxy) is 2. The maximum Gasteiger partial charge on any atom is 0.255 e. The summed E-state index contributed by atoms with van der Waals surface area (Å²) in [7, 11) is 3.09. The first-order chi connectivity index (χ1) is 20.8. The van der Waals surface area contributed by atoms with Gasteiger partial charge in [-0.1, -0.05) is 18.2 Å². The van der Waals surface area contributed by atoms with Crippen LogP contribution >= 0.6 is 0 Å². The van der Waals surface area contributed by atoms with E-state index in [4.69, 9.17) is 19.6 Å². The fraction of sp³-hybridized carbons (Fsp3) is 0.200. The van der Waals surface area contributed by atoms with Crippen LogP contribution in [0.1, 0.15) is 40.1 Å². The Morgan fingerprint density at radius 3 is 2.26 bits per heavy atom. The van der Waals surface area contributed by atoms with Crippen LogP contribution in [0.15, 0.2) is 83.3 Å². The standard InChI is InChI=1S/C35H35N3O5/c1-6-38(7-2)29-20-31-27(19-26(29)23-13-16-30(41-5)28(18-23)34(36)39)32(35(40)37-4)33(43-31)22-11-14-24(15-12-22)42-25-10-8-9-21(3)17-25/h8-20H,6-7H2,1-5H3,(H2,36,39)(H,37,40). The highest BCUT2D eigenvalue weighted by atomic mass is 16.5. The zero-order valence-corrected chi connectivity index (χ0v) is 25.0. The van der Waals surface area contributed by atoms with E-state index in [0.717, 1.165) is 46.8 Å². The van der Waals surface area contributed by atoms with Crippen molar-refractivity contribution >= 4 is 28.5 Å². The van der Waals surface area contributed by atoms with Gasteiger partial charge < -0.3 is 29.8 Å². The van der Waals surface area contributed by atoms with Gasteiger partial charge >= 0.3 is 0 Å². The number of carbonyl (C=O) groups is 2. The molecular weight excluding hydrogens is 542 g/mol. The highest BCUT2D eigenvalue weighted by Crippen LogP contribution is 2.42. The molecule has 0 aliphatic carbocycles. The third-order valence-electron chi connectivity index (χ3n) is 7.48. The number of amides is 2. The number of rotatable bonds is 10. The lowest BCUT2D eigenvalue weighted by Crippen LogP contribution is -2.22. The van der Waals surface area contributed by atoms with Crippen molar-refractivity contribution < 1.29 is 23.5 Å². The summed E-state index contributed by atoms with van der Waals surface area (Å²) >= 11 is 0. The average molecular weight is 578 g/mol. The van der Waals surface area contributed by atoms with Crippen molar-refractivity contribution in [3.05, 3.63) is 95.6 Å². The summed E-state index contributed by atoms with van der Waals surface area (Å²) in [5.41, 5.74) is 11.3. The predicted molar refractivity (Wildman–Crippen MR) is 170 cm³/mol. The van der Waals surface area contributed by atoms with Gasteiger partial charge in [-0.3, -0.25) is 9.59 Å². The quantitative estimate of drug-likeness (QED) is 0.182. The topological polar surface area (TPSA) is 107 Å². The largest absolute Gasteiger partial charge is 0.496 e. The summed E-state index contributed by atoms with van der Waals surface area (Å²) < 4.78 is 17.8. The Morgan fingerprint density at radius 2 is 1.63 bits per heavy atom. The molecule has 0 bridgehead atoms. The van der Waals surface area contributed by atoms with E-state index in [2.05, 4.69) is 24.1 Å². The highest BCUT2D eigenvalue weighted by molar-refractivity contribution is 6.13. The molecule has 1 aromatic heterocycles. The lowest BCUT2D eigenvalue weighted by molar-refractivity contribution is 0.0962. The Balaban J connectivity index is 1.67. The van der Waals surface area contributed by atoms with E-state index in [-0.39, 0.29) is 11.5 Å². The molecule has 8 heteroatoms. The van der Waals surface area contributed by atoms with Crippen molar-refractivity contribution in [2.24, 2.45) is 5.73 Å². The summed E-state index contributed by atoms with van der Waals surface area (Å²) in [4.78, 5) is 27.8. The summed E-state index contributed by atoms with van der Waals surface area (Å²) in [6, 6.07) is 24.5. The molecule has 220 valence electrons. The third kappa shape index (κ3) is 5.77. The number of hydrogen-bond donors (Lipinski definition) is 2. The molecule has 0 radical (unpaired) electrons. The molecule has 0 atom stereocenters. The third-order valence-corrected chi connectivity index (χ3v) is 7.48. The predicted octanol–water partition coefficient (Wildman–Crippen LogP) is 7.18. The zero-order valence-electron chi connectivity index (χ0n) is 25.0. The summed E-state index contributed by atoms with van der Waals surface area (Å²) in [5.74, 6) is 1.40. The Morgan fingerprint density at radius 1 is 0.907 bits per heavy atom. The minimum Gasteiger partial charge on any atom is -0.496 e. The van der Waals surface area contributed by atoms with E-state index in [1.54, 1.807) is 19.2 Å². The molecule has 0 aliphatic rings. The number of anilines is 1. The molecule has 0 fully saturated rings. The molecular formula is C35H35N3O5. The number of benzene rings is 4. The number of furan rings is 1. The molecule has 0 unspecified atom stereocenters. The van der Waals surface area contributed by atoms with Gasteiger partial charge in [0.2, 0.25) is 0 Å². The number of aryl methyl sites for hydroxylation is 1. The normalized spacial score (nSPS) is 10.9. The molecule has 5 aromatic rings. The summed E-state index contributed by atoms with van der Waals surface area (Å²) in [5, 5.41) is 3.42. The summed E-state index contributed by atoms with van der Waals surface area (Å²) in [6.07, 6.45) is 0. The highest BCUT2D eigenvalue weighted by Gasteiger charge is 2.25. The smallest absolute Gasteiger partial charge is 0.255 e. The number of carbonyl (C=O) groups excluding carboxylic acids is 2. The second kappa shape index (κ2) is 12.3. The fourth-order valence-corrected chi connectivity index (χ4v) is 5.30. The van der Waals surface area contributed by atoms with Crippen LogP contribution in [-0.4, -0.2) is 39.1 Å². The van der Waals surface area contributed by atoms with Gasteiger partial charge in [0, 0.05) is 48.4 Å². The Labute approximate surface area is 251 Å². The maximum absolute atomic E-state index is 13.3. The average Bonchev–Trinajstić information content (AvgIpc) is 3.39. The van der Waals surface area contributed by atoms with Gasteiger partial charge in [0.15, 0.2) is 0 Å². The summed E-state index contributed by atoms with van der Waals surface area (Å²) in [6.45, 7) is 7.65. The second-order valence-corrected chi connectivity index (χ2v) is 10.1. The van der Waals surface area contributed by atoms with Gasteiger partial charge in [0.05, 0.1) is 18.2 Å². The van der Waals surface area contributed by atoms with Crippen LogP contribution in [0.5, 0.6) is 17.2 Å². The minimum absolute atomic E-state index is 0.275. The molecule has 4 aromatic carbocycles. The number of nitrogens with one attached hydrogen (secondary N) is 1. The second-order valence-electron chi connectivity index (χ2n) is 10.1.